The van der Waals surface area contributed by atoms with Gasteiger partial charge in [-0.3, -0.25) is 0 Å². The fourth-order valence-electron chi connectivity index (χ4n) is 5.87. The van der Waals surface area contributed by atoms with Gasteiger partial charge in [-0.15, -0.1) is 11.8 Å². The van der Waals surface area contributed by atoms with Crippen LogP contribution in [0.3, 0.4) is 0 Å². The highest BCUT2D eigenvalue weighted by molar-refractivity contribution is 7.99. The summed E-state index contributed by atoms with van der Waals surface area (Å²) in [7, 11) is 1.71. The largest absolute Gasteiger partial charge is 0.497 e. The smallest absolute Gasteiger partial charge is 0.119 e. The Labute approximate surface area is 157 Å². The van der Waals surface area contributed by atoms with E-state index in [-0.39, 0.29) is 5.41 Å². The number of thioether (sulfide) groups is 1. The summed E-state index contributed by atoms with van der Waals surface area (Å²) in [4.78, 5) is 1.23. The molecule has 0 aliphatic heterocycles. The van der Waals surface area contributed by atoms with E-state index < -0.39 is 5.60 Å². The van der Waals surface area contributed by atoms with Crippen LogP contribution in [0.15, 0.2) is 29.2 Å². The van der Waals surface area contributed by atoms with Gasteiger partial charge < -0.3 is 9.84 Å². The van der Waals surface area contributed by atoms with Crippen LogP contribution in [0, 0.1) is 22.7 Å². The maximum absolute atomic E-state index is 11.2. The molecular weight excluding hydrogens is 328 g/mol. The molecule has 0 bridgehead atoms. The molecule has 1 unspecified atom stereocenters. The van der Waals surface area contributed by atoms with Crippen LogP contribution >= 0.6 is 11.8 Å². The summed E-state index contributed by atoms with van der Waals surface area (Å²) in [5.74, 6) is 2.92. The van der Waals surface area contributed by atoms with Crippen molar-refractivity contribution in [3.63, 3.8) is 0 Å². The third kappa shape index (κ3) is 3.60. The van der Waals surface area contributed by atoms with Gasteiger partial charge in [0.1, 0.15) is 5.75 Å². The number of hydrogen-bond donors (Lipinski definition) is 1. The highest BCUT2D eigenvalue weighted by atomic mass is 32.2. The van der Waals surface area contributed by atoms with Crippen LogP contribution in [0.1, 0.15) is 59.8 Å². The lowest BCUT2D eigenvalue weighted by molar-refractivity contribution is -0.158. The lowest BCUT2D eigenvalue weighted by Crippen LogP contribution is -2.58. The first kappa shape index (κ1) is 19.1. The molecule has 2 aliphatic carbocycles. The van der Waals surface area contributed by atoms with Gasteiger partial charge in [-0.2, -0.15) is 0 Å². The van der Waals surface area contributed by atoms with E-state index in [0.717, 1.165) is 24.3 Å². The van der Waals surface area contributed by atoms with Gasteiger partial charge >= 0.3 is 0 Å². The van der Waals surface area contributed by atoms with Crippen molar-refractivity contribution in [3.8, 4) is 5.75 Å². The molecule has 2 saturated carbocycles. The number of rotatable bonds is 4. The van der Waals surface area contributed by atoms with Gasteiger partial charge in [-0.1, -0.05) is 33.3 Å². The van der Waals surface area contributed by atoms with E-state index in [4.69, 9.17) is 4.74 Å². The van der Waals surface area contributed by atoms with Crippen molar-refractivity contribution in [2.45, 2.75) is 70.3 Å². The van der Waals surface area contributed by atoms with Gasteiger partial charge in [0.25, 0.3) is 0 Å². The molecule has 0 amide bonds. The first-order chi connectivity index (χ1) is 11.7. The van der Waals surface area contributed by atoms with Crippen LogP contribution in [0.5, 0.6) is 5.75 Å². The van der Waals surface area contributed by atoms with Crippen LogP contribution in [-0.2, 0) is 0 Å². The Hall–Kier alpha value is -0.670. The maximum Gasteiger partial charge on any atom is 0.119 e. The average molecular weight is 363 g/mol. The molecule has 1 aromatic rings. The molecule has 3 rings (SSSR count). The first-order valence-corrected chi connectivity index (χ1v) is 10.7. The maximum atomic E-state index is 11.2. The molecule has 0 heterocycles. The van der Waals surface area contributed by atoms with Gasteiger partial charge in [0.05, 0.1) is 12.7 Å². The van der Waals surface area contributed by atoms with Gasteiger partial charge in [0.15, 0.2) is 0 Å². The van der Waals surface area contributed by atoms with Crippen molar-refractivity contribution in [3.05, 3.63) is 24.3 Å². The second-order valence-corrected chi connectivity index (χ2v) is 10.4. The number of aliphatic hydroxyl groups is 1. The van der Waals surface area contributed by atoms with Gasteiger partial charge in [-0.05, 0) is 67.6 Å². The summed E-state index contributed by atoms with van der Waals surface area (Å²) >= 11 is 1.87. The molecule has 0 spiro atoms. The third-order valence-electron chi connectivity index (χ3n) is 7.22. The highest BCUT2D eigenvalue weighted by Crippen LogP contribution is 2.62. The quantitative estimate of drug-likeness (QED) is 0.688. The van der Waals surface area contributed by atoms with E-state index in [2.05, 4.69) is 45.9 Å². The molecule has 2 aliphatic rings. The number of methoxy groups -OCH3 is 1. The second kappa shape index (κ2) is 6.81. The summed E-state index contributed by atoms with van der Waals surface area (Å²) in [6, 6.07) is 8.29. The summed E-state index contributed by atoms with van der Waals surface area (Å²) in [5, 5.41) is 11.2. The van der Waals surface area contributed by atoms with Crippen molar-refractivity contribution in [1.82, 2.24) is 0 Å². The number of fused-ring (bicyclic) bond motifs is 1. The molecule has 1 N–H and O–H groups in total. The molecule has 140 valence electrons. The van der Waals surface area contributed by atoms with Crippen molar-refractivity contribution in [2.24, 2.45) is 22.7 Å². The molecule has 0 saturated heterocycles. The van der Waals surface area contributed by atoms with E-state index in [1.165, 1.54) is 24.2 Å². The Morgan fingerprint density at radius 3 is 2.64 bits per heavy atom. The molecule has 0 aromatic heterocycles. The first-order valence-electron chi connectivity index (χ1n) is 9.68. The monoisotopic (exact) mass is 362 g/mol. The average Bonchev–Trinajstić information content (AvgIpc) is 2.53. The lowest BCUT2D eigenvalue weighted by atomic mass is 9.46. The fraction of sp³-hybridized carbons (Fsp3) is 0.727. The second-order valence-electron chi connectivity index (χ2n) is 9.34. The molecule has 2 nitrogen and oxygen atoms in total. The predicted molar refractivity (Wildman–Crippen MR) is 106 cm³/mol. The minimum atomic E-state index is -0.565. The van der Waals surface area contributed by atoms with Gasteiger partial charge in [0.2, 0.25) is 0 Å². The molecule has 4 atom stereocenters. The number of benzene rings is 1. The van der Waals surface area contributed by atoms with Crippen molar-refractivity contribution in [1.29, 1.82) is 0 Å². The number of ether oxygens (including phenoxy) is 1. The van der Waals surface area contributed by atoms with E-state index in [0.29, 0.717) is 17.3 Å². The van der Waals surface area contributed by atoms with Crippen molar-refractivity contribution >= 4 is 11.8 Å². The zero-order chi connectivity index (χ0) is 18.3. The zero-order valence-corrected chi connectivity index (χ0v) is 17.3. The normalized spacial score (nSPS) is 37.4. The topological polar surface area (TPSA) is 29.5 Å². The highest BCUT2D eigenvalue weighted by Gasteiger charge is 2.57. The van der Waals surface area contributed by atoms with E-state index in [9.17, 15) is 5.11 Å². The number of hydrogen-bond acceptors (Lipinski definition) is 3. The Bertz CT molecular complexity index is 610. The van der Waals surface area contributed by atoms with Crippen molar-refractivity contribution in [2.75, 3.05) is 12.9 Å². The summed E-state index contributed by atoms with van der Waals surface area (Å²) in [6.45, 7) is 9.43. The van der Waals surface area contributed by atoms with Crippen LogP contribution in [0.2, 0.25) is 0 Å². The Kier molecular flexibility index (Phi) is 5.20. The third-order valence-corrected chi connectivity index (χ3v) is 8.31. The van der Waals surface area contributed by atoms with Crippen LogP contribution in [0.4, 0.5) is 0 Å². The summed E-state index contributed by atoms with van der Waals surface area (Å²) < 4.78 is 5.36. The Morgan fingerprint density at radius 1 is 1.16 bits per heavy atom. The molecule has 25 heavy (non-hydrogen) atoms. The molecule has 3 heteroatoms. The SMILES string of the molecule is COc1cccc(SCC2[C@](C)(O)CC[C@H]3C(C)(C)CCC[C@]23C)c1. The molecular formula is C22H34O2S. The molecule has 2 fully saturated rings. The minimum Gasteiger partial charge on any atom is -0.497 e. The predicted octanol–water partition coefficient (Wildman–Crippen LogP) is 5.78. The summed E-state index contributed by atoms with van der Waals surface area (Å²) in [5.41, 5.74) is 0.0578. The molecule has 0 radical (unpaired) electrons. The van der Waals surface area contributed by atoms with Crippen LogP contribution < -0.4 is 4.74 Å². The minimum absolute atomic E-state index is 0.232. The van der Waals surface area contributed by atoms with Crippen molar-refractivity contribution < 1.29 is 9.84 Å². The summed E-state index contributed by atoms with van der Waals surface area (Å²) in [6.07, 6.45) is 5.96. The molecule has 1 aromatic carbocycles. The Balaban J connectivity index is 1.83. The van der Waals surface area contributed by atoms with Crippen LogP contribution in [-0.4, -0.2) is 23.6 Å². The Morgan fingerprint density at radius 2 is 1.92 bits per heavy atom. The fourth-order valence-corrected chi connectivity index (χ4v) is 7.34. The standard InChI is InChI=1S/C22H34O2S/c1-20(2)11-7-12-21(3)18(20)10-13-22(4,23)19(21)15-25-17-9-6-8-16(14-17)24-5/h6,8-9,14,18-19,23H,7,10-13,15H2,1-5H3/t18-,19?,21-,22+/m0/s1. The zero-order valence-electron chi connectivity index (χ0n) is 16.5. The lowest BCUT2D eigenvalue weighted by Gasteiger charge is -2.61. The van der Waals surface area contributed by atoms with E-state index in [1.54, 1.807) is 7.11 Å². The van der Waals surface area contributed by atoms with E-state index in [1.807, 2.05) is 17.8 Å². The van der Waals surface area contributed by atoms with E-state index >= 15 is 0 Å². The van der Waals surface area contributed by atoms with Gasteiger partial charge in [-0.25, -0.2) is 0 Å². The van der Waals surface area contributed by atoms with Gasteiger partial charge in [0, 0.05) is 16.6 Å². The van der Waals surface area contributed by atoms with Crippen LogP contribution in [0.25, 0.3) is 0 Å².